The van der Waals surface area contributed by atoms with Crippen LogP contribution in [-0.4, -0.2) is 19.0 Å². The van der Waals surface area contributed by atoms with Crippen molar-refractivity contribution in [1.29, 1.82) is 0 Å². The number of ether oxygens (including phenoxy) is 2. The van der Waals surface area contributed by atoms with Crippen molar-refractivity contribution in [1.82, 2.24) is 5.32 Å². The Balaban J connectivity index is 1.37. The smallest absolute Gasteiger partial charge is 0.345 e. The summed E-state index contributed by atoms with van der Waals surface area (Å²) in [5.74, 6) is 0.628. The summed E-state index contributed by atoms with van der Waals surface area (Å²) in [6, 6.07) is 12.0. The summed E-state index contributed by atoms with van der Waals surface area (Å²) in [7, 11) is 1.51. The highest BCUT2D eigenvalue weighted by Gasteiger charge is 2.36. The number of halogens is 1. The molecule has 0 fully saturated rings. The highest BCUT2D eigenvalue weighted by Crippen LogP contribution is 2.46. The molecule has 0 saturated carbocycles. The minimum atomic E-state index is -0.571. The Morgan fingerprint density at radius 1 is 1.11 bits per heavy atom. The van der Waals surface area contributed by atoms with Gasteiger partial charge in [-0.1, -0.05) is 50.6 Å². The van der Waals surface area contributed by atoms with Crippen LogP contribution in [-0.2, 0) is 12.8 Å². The number of methoxy groups -OCH3 is 1. The van der Waals surface area contributed by atoms with Crippen LogP contribution in [0.25, 0.3) is 0 Å². The van der Waals surface area contributed by atoms with Crippen molar-refractivity contribution in [2.75, 3.05) is 12.4 Å². The van der Waals surface area contributed by atoms with E-state index in [1.807, 2.05) is 6.07 Å². The van der Waals surface area contributed by atoms with Crippen molar-refractivity contribution in [3.8, 4) is 11.5 Å². The predicted molar refractivity (Wildman–Crippen MR) is 143 cm³/mol. The average molecular weight is 525 g/mol. The van der Waals surface area contributed by atoms with Crippen molar-refractivity contribution in [2.45, 2.75) is 46.2 Å². The number of carbonyl (C=O) groups is 2. The van der Waals surface area contributed by atoms with Gasteiger partial charge in [0, 0.05) is 4.88 Å². The van der Waals surface area contributed by atoms with E-state index in [0.717, 1.165) is 35.4 Å². The van der Waals surface area contributed by atoms with Crippen LogP contribution in [0.4, 0.5) is 5.00 Å². The summed E-state index contributed by atoms with van der Waals surface area (Å²) < 4.78 is 11.1. The molecule has 0 unspecified atom stereocenters. The zero-order valence-corrected chi connectivity index (χ0v) is 22.3. The molecule has 36 heavy (non-hydrogen) atoms. The number of carbonyl (C=O) groups excluding carboxylic acids is 2. The largest absolute Gasteiger partial charge is 0.493 e. The zero-order valence-electron chi connectivity index (χ0n) is 20.7. The molecule has 0 saturated heterocycles. The fourth-order valence-electron chi connectivity index (χ4n) is 4.93. The van der Waals surface area contributed by atoms with Crippen molar-refractivity contribution < 1.29 is 19.1 Å². The molecule has 2 atom stereocenters. The Morgan fingerprint density at radius 2 is 1.89 bits per heavy atom. The van der Waals surface area contributed by atoms with E-state index in [4.69, 9.17) is 21.1 Å². The summed E-state index contributed by atoms with van der Waals surface area (Å²) in [6.07, 6.45) is 2.62. The lowest BCUT2D eigenvalue weighted by Crippen LogP contribution is -2.38. The highest BCUT2D eigenvalue weighted by atomic mass is 35.5. The van der Waals surface area contributed by atoms with E-state index in [1.165, 1.54) is 17.6 Å². The number of anilines is 1. The minimum absolute atomic E-state index is 0.0614. The molecule has 2 N–H and O–H groups in total. The number of nitrogens with one attached hydrogen (secondary N) is 2. The van der Waals surface area contributed by atoms with Gasteiger partial charge in [0.05, 0.1) is 23.3 Å². The van der Waals surface area contributed by atoms with E-state index < -0.39 is 12.1 Å². The molecule has 8 heteroatoms. The molecular weight excluding hydrogens is 496 g/mol. The first-order chi connectivity index (χ1) is 17.2. The molecule has 0 bridgehead atoms. The second kappa shape index (κ2) is 9.45. The van der Waals surface area contributed by atoms with Crippen LogP contribution in [0.15, 0.2) is 42.5 Å². The Labute approximate surface area is 220 Å². The van der Waals surface area contributed by atoms with Crippen molar-refractivity contribution in [3.63, 3.8) is 0 Å². The number of fused-ring (bicyclic) bond motifs is 3. The minimum Gasteiger partial charge on any atom is -0.493 e. The molecule has 5 rings (SSSR count). The highest BCUT2D eigenvalue weighted by molar-refractivity contribution is 7.16. The van der Waals surface area contributed by atoms with Crippen LogP contribution in [0.1, 0.15) is 70.1 Å². The van der Waals surface area contributed by atoms with Gasteiger partial charge in [-0.05, 0) is 66.0 Å². The maximum absolute atomic E-state index is 13.2. The van der Waals surface area contributed by atoms with Gasteiger partial charge in [0.1, 0.15) is 11.2 Å². The maximum atomic E-state index is 13.2. The number of esters is 1. The zero-order chi connectivity index (χ0) is 25.6. The van der Waals surface area contributed by atoms with E-state index in [9.17, 15) is 9.59 Å². The molecule has 0 spiro atoms. The lowest BCUT2D eigenvalue weighted by Gasteiger charge is -2.34. The van der Waals surface area contributed by atoms with Crippen LogP contribution in [0.3, 0.4) is 0 Å². The van der Waals surface area contributed by atoms with Crippen LogP contribution in [0, 0.1) is 11.3 Å². The van der Waals surface area contributed by atoms with Crippen LogP contribution >= 0.6 is 22.9 Å². The third-order valence-corrected chi connectivity index (χ3v) is 8.60. The number of hydrogen-bond donors (Lipinski definition) is 2. The molecule has 1 aliphatic heterocycles. The van der Waals surface area contributed by atoms with Crippen molar-refractivity contribution in [2.24, 2.45) is 11.3 Å². The second-order valence-corrected chi connectivity index (χ2v) is 11.9. The fraction of sp³-hybridized carbons (Fsp3) is 0.357. The summed E-state index contributed by atoms with van der Waals surface area (Å²) in [5.41, 5.74) is 3.29. The standard InChI is InChI=1S/C28H29ClN2O4S/c1-28(2,3)16-10-11-18-22(14-16)36-26-23(18)25(32)30-24(31-26)15-9-12-20(21(13-15)34-4)35-27(33)17-7-5-6-8-19(17)29/h5-9,12-13,16,24,31H,10-11,14H2,1-4H3,(H,30,32)/t16-,24+/m1/s1. The van der Waals surface area contributed by atoms with Crippen molar-refractivity contribution in [3.05, 3.63) is 74.6 Å². The number of amides is 1. The van der Waals surface area contributed by atoms with Crippen LogP contribution < -0.4 is 20.1 Å². The van der Waals surface area contributed by atoms with Gasteiger partial charge in [-0.25, -0.2) is 4.79 Å². The van der Waals surface area contributed by atoms with Gasteiger partial charge >= 0.3 is 5.97 Å². The molecule has 0 radical (unpaired) electrons. The van der Waals surface area contributed by atoms with E-state index >= 15 is 0 Å². The van der Waals surface area contributed by atoms with Gasteiger partial charge in [0.15, 0.2) is 11.5 Å². The van der Waals surface area contributed by atoms with Crippen LogP contribution in [0.5, 0.6) is 11.5 Å². The van der Waals surface area contributed by atoms with Gasteiger partial charge in [0.25, 0.3) is 5.91 Å². The Morgan fingerprint density at radius 3 is 2.61 bits per heavy atom. The average Bonchev–Trinajstić information content (AvgIpc) is 3.22. The lowest BCUT2D eigenvalue weighted by molar-refractivity contribution is 0.0729. The second-order valence-electron chi connectivity index (χ2n) is 10.3. The monoisotopic (exact) mass is 524 g/mol. The number of hydrogen-bond acceptors (Lipinski definition) is 6. The van der Waals surface area contributed by atoms with E-state index in [2.05, 4.69) is 31.4 Å². The Bertz CT molecular complexity index is 1340. The lowest BCUT2D eigenvalue weighted by atomic mass is 9.72. The first-order valence-electron chi connectivity index (χ1n) is 12.0. The molecular formula is C28H29ClN2O4S. The SMILES string of the molecule is COc1cc([C@H]2NC(=O)c3c(sc4c3CC[C@@H](C(C)(C)C)C4)N2)ccc1OC(=O)c1ccccc1Cl. The molecule has 1 aromatic heterocycles. The molecule has 2 heterocycles. The third-order valence-electron chi connectivity index (χ3n) is 7.09. The van der Waals surface area contributed by atoms with E-state index in [1.54, 1.807) is 47.7 Å². The summed E-state index contributed by atoms with van der Waals surface area (Å²) in [5, 5.41) is 7.82. The molecule has 6 nitrogen and oxygen atoms in total. The molecule has 3 aromatic rings. The van der Waals surface area contributed by atoms with Gasteiger partial charge in [-0.3, -0.25) is 4.79 Å². The normalized spacial score (nSPS) is 19.0. The molecule has 2 aromatic carbocycles. The van der Waals surface area contributed by atoms with Gasteiger partial charge in [-0.15, -0.1) is 11.3 Å². The first kappa shape index (κ1) is 24.7. The number of thiophene rings is 1. The summed E-state index contributed by atoms with van der Waals surface area (Å²) >= 11 is 7.82. The van der Waals surface area contributed by atoms with Gasteiger partial charge < -0.3 is 20.1 Å². The summed E-state index contributed by atoms with van der Waals surface area (Å²) in [4.78, 5) is 27.1. The predicted octanol–water partition coefficient (Wildman–Crippen LogP) is 6.63. The quantitative estimate of drug-likeness (QED) is 0.296. The number of rotatable bonds is 4. The maximum Gasteiger partial charge on any atom is 0.345 e. The molecule has 1 amide bonds. The Hall–Kier alpha value is -3.03. The fourth-order valence-corrected chi connectivity index (χ4v) is 6.50. The molecule has 188 valence electrons. The Kier molecular flexibility index (Phi) is 6.47. The first-order valence-corrected chi connectivity index (χ1v) is 13.2. The van der Waals surface area contributed by atoms with Crippen molar-refractivity contribution >= 4 is 39.8 Å². The number of benzene rings is 2. The van der Waals surface area contributed by atoms with E-state index in [-0.39, 0.29) is 22.6 Å². The van der Waals surface area contributed by atoms with Gasteiger partial charge in [-0.2, -0.15) is 0 Å². The topological polar surface area (TPSA) is 76.7 Å². The van der Waals surface area contributed by atoms with E-state index in [0.29, 0.717) is 16.7 Å². The van der Waals surface area contributed by atoms with Crippen LogP contribution in [0.2, 0.25) is 5.02 Å². The molecule has 1 aliphatic carbocycles. The third kappa shape index (κ3) is 4.58. The molecule has 2 aliphatic rings. The van der Waals surface area contributed by atoms with Gasteiger partial charge in [0.2, 0.25) is 0 Å². The summed E-state index contributed by atoms with van der Waals surface area (Å²) in [6.45, 7) is 6.87.